The first-order chi connectivity index (χ1) is 7.55. The third-order valence-corrected chi connectivity index (χ3v) is 4.35. The van der Waals surface area contributed by atoms with E-state index in [1.807, 2.05) is 6.92 Å². The highest BCUT2D eigenvalue weighted by Gasteiger charge is 2.37. The van der Waals surface area contributed by atoms with E-state index in [1.165, 1.54) is 12.8 Å². The predicted molar refractivity (Wildman–Crippen MR) is 65.9 cm³/mol. The van der Waals surface area contributed by atoms with E-state index >= 15 is 0 Å². The fourth-order valence-corrected chi connectivity index (χ4v) is 2.67. The Hall–Kier alpha value is -0.550. The Kier molecular flexibility index (Phi) is 4.80. The summed E-state index contributed by atoms with van der Waals surface area (Å²) in [6.45, 7) is 9.68. The fraction of sp³-hybridized carbons (Fsp3) is 0.929. The van der Waals surface area contributed by atoms with Gasteiger partial charge in [-0.25, -0.2) is 0 Å². The van der Waals surface area contributed by atoms with E-state index in [9.17, 15) is 0 Å². The summed E-state index contributed by atoms with van der Waals surface area (Å²) in [4.78, 5) is 0. The molecule has 3 atom stereocenters. The lowest BCUT2D eigenvalue weighted by Crippen LogP contribution is -2.37. The summed E-state index contributed by atoms with van der Waals surface area (Å²) in [5.41, 5.74) is 0.385. The fourth-order valence-electron chi connectivity index (χ4n) is 2.67. The van der Waals surface area contributed by atoms with Crippen LogP contribution in [0, 0.1) is 28.6 Å². The van der Waals surface area contributed by atoms with Gasteiger partial charge in [0.15, 0.2) is 0 Å². The molecule has 16 heavy (non-hydrogen) atoms. The first-order valence-corrected chi connectivity index (χ1v) is 6.56. The molecule has 0 radical (unpaired) electrons. The molecular formula is C14H25NO. The lowest BCUT2D eigenvalue weighted by atomic mass is 9.67. The molecule has 0 aromatic rings. The maximum Gasteiger partial charge on any atom is 0.0735 e. The summed E-state index contributed by atoms with van der Waals surface area (Å²) in [7, 11) is 0. The Balaban J connectivity index is 2.65. The summed E-state index contributed by atoms with van der Waals surface area (Å²) in [6, 6.07) is 2.40. The molecule has 0 amide bonds. The van der Waals surface area contributed by atoms with Gasteiger partial charge in [-0.3, -0.25) is 0 Å². The van der Waals surface area contributed by atoms with Gasteiger partial charge in [0.1, 0.15) is 0 Å². The molecule has 0 heterocycles. The molecule has 2 heteroatoms. The quantitative estimate of drug-likeness (QED) is 0.727. The topological polar surface area (TPSA) is 33.0 Å². The van der Waals surface area contributed by atoms with Crippen molar-refractivity contribution in [3.63, 3.8) is 0 Å². The van der Waals surface area contributed by atoms with Crippen LogP contribution in [0.1, 0.15) is 53.4 Å². The van der Waals surface area contributed by atoms with E-state index < -0.39 is 0 Å². The van der Waals surface area contributed by atoms with Crippen LogP contribution in [0.15, 0.2) is 0 Å². The SMILES string of the molecule is CCOC1CC(C(C)(C)CC)CCC1C#N. The van der Waals surface area contributed by atoms with Crippen LogP contribution in [-0.4, -0.2) is 12.7 Å². The molecule has 1 aliphatic carbocycles. The maximum atomic E-state index is 9.10. The van der Waals surface area contributed by atoms with Crippen LogP contribution < -0.4 is 0 Å². The summed E-state index contributed by atoms with van der Waals surface area (Å²) in [6.07, 6.45) is 4.62. The van der Waals surface area contributed by atoms with Crippen molar-refractivity contribution in [3.8, 4) is 6.07 Å². The van der Waals surface area contributed by atoms with Crippen LogP contribution in [-0.2, 0) is 4.74 Å². The number of hydrogen-bond donors (Lipinski definition) is 0. The second-order valence-electron chi connectivity index (χ2n) is 5.58. The van der Waals surface area contributed by atoms with Crippen molar-refractivity contribution in [2.24, 2.45) is 17.3 Å². The van der Waals surface area contributed by atoms with Crippen LogP contribution >= 0.6 is 0 Å². The number of hydrogen-bond acceptors (Lipinski definition) is 2. The Morgan fingerprint density at radius 1 is 1.31 bits per heavy atom. The van der Waals surface area contributed by atoms with E-state index in [-0.39, 0.29) is 12.0 Å². The molecule has 0 aromatic heterocycles. The zero-order valence-corrected chi connectivity index (χ0v) is 11.1. The molecule has 0 aromatic carbocycles. The van der Waals surface area contributed by atoms with Gasteiger partial charge in [-0.2, -0.15) is 5.26 Å². The van der Waals surface area contributed by atoms with Crippen molar-refractivity contribution in [3.05, 3.63) is 0 Å². The summed E-state index contributed by atoms with van der Waals surface area (Å²) < 4.78 is 5.73. The van der Waals surface area contributed by atoms with E-state index in [0.717, 1.165) is 19.4 Å². The van der Waals surface area contributed by atoms with Crippen LogP contribution in [0.5, 0.6) is 0 Å². The number of ether oxygens (including phenoxy) is 1. The van der Waals surface area contributed by atoms with Crippen LogP contribution in [0.3, 0.4) is 0 Å². The smallest absolute Gasteiger partial charge is 0.0735 e. The maximum absolute atomic E-state index is 9.10. The van der Waals surface area contributed by atoms with Crippen LogP contribution in [0.4, 0.5) is 0 Å². The second-order valence-corrected chi connectivity index (χ2v) is 5.58. The van der Waals surface area contributed by atoms with Crippen LogP contribution in [0.25, 0.3) is 0 Å². The largest absolute Gasteiger partial charge is 0.377 e. The van der Waals surface area contributed by atoms with Gasteiger partial charge < -0.3 is 4.74 Å². The van der Waals surface area contributed by atoms with E-state index in [1.54, 1.807) is 0 Å². The Morgan fingerprint density at radius 3 is 2.50 bits per heavy atom. The molecule has 92 valence electrons. The molecule has 0 aliphatic heterocycles. The molecule has 2 nitrogen and oxygen atoms in total. The minimum absolute atomic E-state index is 0.115. The van der Waals surface area contributed by atoms with E-state index in [2.05, 4.69) is 26.8 Å². The number of nitriles is 1. The zero-order chi connectivity index (χ0) is 12.2. The Labute approximate surface area is 100.0 Å². The minimum atomic E-state index is 0.115. The van der Waals surface area contributed by atoms with E-state index in [4.69, 9.17) is 10.00 Å². The lowest BCUT2D eigenvalue weighted by molar-refractivity contribution is -0.0261. The third kappa shape index (κ3) is 2.98. The average Bonchev–Trinajstić information content (AvgIpc) is 2.29. The minimum Gasteiger partial charge on any atom is -0.377 e. The standard InChI is InChI=1S/C14H25NO/c1-5-14(3,4)12-8-7-11(10-15)13(9-12)16-6-2/h11-13H,5-9H2,1-4H3. The monoisotopic (exact) mass is 223 g/mol. The summed E-state index contributed by atoms with van der Waals surface area (Å²) in [5.74, 6) is 0.822. The van der Waals surface area contributed by atoms with Gasteiger partial charge in [-0.1, -0.05) is 27.2 Å². The van der Waals surface area contributed by atoms with Gasteiger partial charge in [0.2, 0.25) is 0 Å². The molecule has 1 fully saturated rings. The van der Waals surface area contributed by atoms with Crippen molar-refractivity contribution >= 4 is 0 Å². The van der Waals surface area contributed by atoms with Crippen LogP contribution in [0.2, 0.25) is 0 Å². The van der Waals surface area contributed by atoms with Crippen molar-refractivity contribution < 1.29 is 4.74 Å². The second kappa shape index (κ2) is 5.68. The average molecular weight is 223 g/mol. The molecule has 1 aliphatic rings. The molecule has 0 bridgehead atoms. The van der Waals surface area contributed by atoms with Gasteiger partial charge in [0.05, 0.1) is 18.1 Å². The lowest BCUT2D eigenvalue weighted by Gasteiger charge is -2.41. The Morgan fingerprint density at radius 2 is 2.00 bits per heavy atom. The Bertz CT molecular complexity index is 254. The zero-order valence-electron chi connectivity index (χ0n) is 11.1. The number of nitrogens with zero attached hydrogens (tertiary/aromatic N) is 1. The normalized spacial score (nSPS) is 31.1. The molecule has 1 rings (SSSR count). The third-order valence-electron chi connectivity index (χ3n) is 4.35. The molecule has 0 saturated heterocycles. The first-order valence-electron chi connectivity index (χ1n) is 6.56. The van der Waals surface area contributed by atoms with Gasteiger partial charge in [-0.15, -0.1) is 0 Å². The number of rotatable bonds is 4. The van der Waals surface area contributed by atoms with Gasteiger partial charge in [-0.05, 0) is 37.5 Å². The van der Waals surface area contributed by atoms with Crippen molar-refractivity contribution in [2.45, 2.75) is 59.5 Å². The molecule has 0 spiro atoms. The van der Waals surface area contributed by atoms with Crippen molar-refractivity contribution in [1.29, 1.82) is 5.26 Å². The van der Waals surface area contributed by atoms with Crippen molar-refractivity contribution in [2.75, 3.05) is 6.61 Å². The predicted octanol–water partition coefficient (Wildman–Crippen LogP) is 3.77. The first kappa shape index (κ1) is 13.5. The van der Waals surface area contributed by atoms with E-state index in [0.29, 0.717) is 11.3 Å². The highest BCUT2D eigenvalue weighted by Crippen LogP contribution is 2.42. The summed E-state index contributed by atoms with van der Waals surface area (Å²) >= 11 is 0. The molecular weight excluding hydrogens is 198 g/mol. The van der Waals surface area contributed by atoms with Gasteiger partial charge >= 0.3 is 0 Å². The molecule has 0 N–H and O–H groups in total. The highest BCUT2D eigenvalue weighted by molar-refractivity contribution is 4.96. The highest BCUT2D eigenvalue weighted by atomic mass is 16.5. The molecule has 3 unspecified atom stereocenters. The summed E-state index contributed by atoms with van der Waals surface area (Å²) in [5, 5.41) is 9.10. The van der Waals surface area contributed by atoms with Crippen molar-refractivity contribution in [1.82, 2.24) is 0 Å². The van der Waals surface area contributed by atoms with Gasteiger partial charge in [0, 0.05) is 6.61 Å². The molecule has 1 saturated carbocycles. The van der Waals surface area contributed by atoms with Gasteiger partial charge in [0.25, 0.3) is 0 Å².